The number of amides is 1. The maximum Gasteiger partial charge on any atom is 0.346 e. The van der Waals surface area contributed by atoms with E-state index in [4.69, 9.17) is 14.2 Å². The van der Waals surface area contributed by atoms with Crippen LogP contribution in [0.1, 0.15) is 48.2 Å². The van der Waals surface area contributed by atoms with Crippen molar-refractivity contribution in [1.82, 2.24) is 0 Å². The van der Waals surface area contributed by atoms with E-state index in [1.165, 1.54) is 21.1 Å². The molecule has 0 fully saturated rings. The first-order valence-corrected chi connectivity index (χ1v) is 9.12. The molecule has 1 N–H and O–H groups in total. The average molecular weight is 385 g/mol. The average Bonchev–Trinajstić information content (AvgIpc) is 2.68. The molecule has 0 saturated carbocycles. The van der Waals surface area contributed by atoms with E-state index in [0.717, 1.165) is 16.8 Å². The number of ether oxygens (including phenoxy) is 3. The first-order valence-electron chi connectivity index (χ1n) is 9.12. The van der Waals surface area contributed by atoms with Crippen molar-refractivity contribution in [3.05, 3.63) is 53.1 Å². The van der Waals surface area contributed by atoms with Crippen molar-refractivity contribution in [2.75, 3.05) is 19.5 Å². The number of hydrogen-bond donors (Lipinski definition) is 1. The van der Waals surface area contributed by atoms with Gasteiger partial charge in [0.2, 0.25) is 0 Å². The Morgan fingerprint density at radius 3 is 2.04 bits per heavy atom. The highest BCUT2D eigenvalue weighted by molar-refractivity contribution is 6.00. The number of benzene rings is 2. The van der Waals surface area contributed by atoms with E-state index in [9.17, 15) is 9.59 Å². The van der Waals surface area contributed by atoms with Crippen LogP contribution in [0, 0.1) is 6.92 Å². The van der Waals surface area contributed by atoms with E-state index < -0.39 is 18.0 Å². The molecular weight excluding hydrogens is 358 g/mol. The van der Waals surface area contributed by atoms with Gasteiger partial charge in [0.05, 0.1) is 14.2 Å². The van der Waals surface area contributed by atoms with E-state index in [-0.39, 0.29) is 11.5 Å². The Morgan fingerprint density at radius 1 is 0.929 bits per heavy atom. The smallest absolute Gasteiger partial charge is 0.346 e. The highest BCUT2D eigenvalue weighted by atomic mass is 16.6. The van der Waals surface area contributed by atoms with Gasteiger partial charge in [-0.25, -0.2) is 4.79 Å². The summed E-state index contributed by atoms with van der Waals surface area (Å²) in [6, 6.07) is 10.8. The molecule has 1 amide bonds. The lowest BCUT2D eigenvalue weighted by Crippen LogP contribution is -2.31. The molecule has 0 aliphatic rings. The zero-order chi connectivity index (χ0) is 20.8. The van der Waals surface area contributed by atoms with Gasteiger partial charge >= 0.3 is 5.97 Å². The number of methoxy groups -OCH3 is 2. The summed E-state index contributed by atoms with van der Waals surface area (Å²) in [6.07, 6.45) is -0.998. The van der Waals surface area contributed by atoms with Crippen molar-refractivity contribution in [2.24, 2.45) is 0 Å². The van der Waals surface area contributed by atoms with Crippen molar-refractivity contribution < 1.29 is 23.8 Å². The Hall–Kier alpha value is -3.02. The number of rotatable bonds is 7. The third kappa shape index (κ3) is 4.63. The van der Waals surface area contributed by atoms with Gasteiger partial charge in [-0.1, -0.05) is 38.1 Å². The minimum atomic E-state index is -0.998. The Kier molecular flexibility index (Phi) is 7.04. The monoisotopic (exact) mass is 385 g/mol. The molecule has 0 aliphatic carbocycles. The first-order chi connectivity index (χ1) is 13.3. The van der Waals surface area contributed by atoms with E-state index in [1.54, 1.807) is 18.2 Å². The van der Waals surface area contributed by atoms with E-state index in [0.29, 0.717) is 11.5 Å². The molecule has 150 valence electrons. The number of nitrogens with one attached hydrogen (secondary N) is 1. The number of esters is 1. The van der Waals surface area contributed by atoms with Crippen LogP contribution in [-0.2, 0) is 9.53 Å². The molecule has 0 radical (unpaired) electrons. The van der Waals surface area contributed by atoms with Crippen LogP contribution in [0.5, 0.6) is 11.5 Å². The molecule has 0 aliphatic heterocycles. The topological polar surface area (TPSA) is 73.9 Å². The molecule has 0 aromatic heterocycles. The second-order valence-electron chi connectivity index (χ2n) is 6.77. The second kappa shape index (κ2) is 9.26. The number of hydrogen-bond acceptors (Lipinski definition) is 5. The van der Waals surface area contributed by atoms with E-state index >= 15 is 0 Å². The summed E-state index contributed by atoms with van der Waals surface area (Å²) in [6.45, 7) is 7.57. The number of aryl methyl sites for hydroxylation is 1. The largest absolute Gasteiger partial charge is 0.496 e. The number of para-hydroxylation sites is 1. The fourth-order valence-corrected chi connectivity index (χ4v) is 2.89. The van der Waals surface area contributed by atoms with Crippen LogP contribution in [0.4, 0.5) is 5.69 Å². The van der Waals surface area contributed by atoms with Gasteiger partial charge in [-0.05, 0) is 43.0 Å². The normalized spacial score (nSPS) is 11.7. The lowest BCUT2D eigenvalue weighted by atomic mass is 9.98. The maximum atomic E-state index is 12.7. The van der Waals surface area contributed by atoms with Crippen LogP contribution in [0.25, 0.3) is 0 Å². The lowest BCUT2D eigenvalue weighted by molar-refractivity contribution is -0.123. The highest BCUT2D eigenvalue weighted by Gasteiger charge is 2.25. The van der Waals surface area contributed by atoms with E-state index in [1.807, 2.05) is 25.1 Å². The van der Waals surface area contributed by atoms with Gasteiger partial charge in [-0.15, -0.1) is 0 Å². The lowest BCUT2D eigenvalue weighted by Gasteiger charge is -2.19. The minimum absolute atomic E-state index is 0.144. The van der Waals surface area contributed by atoms with Gasteiger partial charge in [0, 0.05) is 5.69 Å². The summed E-state index contributed by atoms with van der Waals surface area (Å²) < 4.78 is 15.8. The van der Waals surface area contributed by atoms with Gasteiger partial charge in [0.1, 0.15) is 17.1 Å². The van der Waals surface area contributed by atoms with Crippen LogP contribution in [0.2, 0.25) is 0 Å². The predicted octanol–water partition coefficient (Wildman–Crippen LogP) is 4.32. The van der Waals surface area contributed by atoms with Gasteiger partial charge in [-0.3, -0.25) is 4.79 Å². The summed E-state index contributed by atoms with van der Waals surface area (Å²) in [4.78, 5) is 25.3. The number of anilines is 1. The van der Waals surface area contributed by atoms with Gasteiger partial charge in [0.25, 0.3) is 5.91 Å². The highest BCUT2D eigenvalue weighted by Crippen LogP contribution is 2.30. The Morgan fingerprint density at radius 2 is 1.50 bits per heavy atom. The van der Waals surface area contributed by atoms with Crippen LogP contribution >= 0.6 is 0 Å². The number of carbonyl (C=O) groups is 2. The Labute approximate surface area is 165 Å². The third-order valence-corrected chi connectivity index (χ3v) is 4.46. The molecule has 6 nitrogen and oxygen atoms in total. The molecule has 2 rings (SSSR count). The zero-order valence-electron chi connectivity index (χ0n) is 17.2. The minimum Gasteiger partial charge on any atom is -0.496 e. The standard InChI is InChI=1S/C22H27NO5/c1-13(2)16-10-7-9-14(3)20(16)23-21(24)15(4)28-22(25)19-17(26-5)11-8-12-18(19)27-6/h7-13,15H,1-6H3,(H,23,24)/t15-/m1/s1. The quantitative estimate of drug-likeness (QED) is 0.719. The van der Waals surface area contributed by atoms with Crippen LogP contribution < -0.4 is 14.8 Å². The Balaban J connectivity index is 2.19. The van der Waals surface area contributed by atoms with Crippen molar-refractivity contribution in [3.8, 4) is 11.5 Å². The summed E-state index contributed by atoms with van der Waals surface area (Å²) in [7, 11) is 2.90. The van der Waals surface area contributed by atoms with Crippen molar-refractivity contribution >= 4 is 17.6 Å². The van der Waals surface area contributed by atoms with Gasteiger partial charge < -0.3 is 19.5 Å². The van der Waals surface area contributed by atoms with Crippen LogP contribution in [0.15, 0.2) is 36.4 Å². The van der Waals surface area contributed by atoms with Gasteiger partial charge in [0.15, 0.2) is 6.10 Å². The summed E-state index contributed by atoms with van der Waals surface area (Å²) in [5.74, 6) is -0.217. The second-order valence-corrected chi connectivity index (χ2v) is 6.77. The van der Waals surface area contributed by atoms with Gasteiger partial charge in [-0.2, -0.15) is 0 Å². The molecule has 1 atom stereocenters. The SMILES string of the molecule is COc1cccc(OC)c1C(=O)O[C@H](C)C(=O)Nc1c(C)cccc1C(C)C. The molecule has 0 heterocycles. The summed E-state index contributed by atoms with van der Waals surface area (Å²) >= 11 is 0. The number of carbonyl (C=O) groups excluding carboxylic acids is 2. The molecule has 0 spiro atoms. The van der Waals surface area contributed by atoms with E-state index in [2.05, 4.69) is 19.2 Å². The van der Waals surface area contributed by atoms with Crippen LogP contribution in [0.3, 0.4) is 0 Å². The molecule has 6 heteroatoms. The molecule has 2 aromatic carbocycles. The third-order valence-electron chi connectivity index (χ3n) is 4.46. The summed E-state index contributed by atoms with van der Waals surface area (Å²) in [5, 5.41) is 2.90. The summed E-state index contributed by atoms with van der Waals surface area (Å²) in [5.41, 5.74) is 2.87. The first kappa shape index (κ1) is 21.3. The van der Waals surface area contributed by atoms with Crippen molar-refractivity contribution in [2.45, 2.75) is 39.7 Å². The molecule has 0 unspecified atom stereocenters. The van der Waals surface area contributed by atoms with Crippen LogP contribution in [-0.4, -0.2) is 32.2 Å². The molecule has 0 bridgehead atoms. The predicted molar refractivity (Wildman–Crippen MR) is 108 cm³/mol. The molecule has 2 aromatic rings. The van der Waals surface area contributed by atoms with Crippen molar-refractivity contribution in [1.29, 1.82) is 0 Å². The zero-order valence-corrected chi connectivity index (χ0v) is 17.2. The van der Waals surface area contributed by atoms with Crippen molar-refractivity contribution in [3.63, 3.8) is 0 Å². The molecule has 28 heavy (non-hydrogen) atoms. The molecular formula is C22H27NO5. The maximum absolute atomic E-state index is 12.7. The fraction of sp³-hybridized carbons (Fsp3) is 0.364. The fourth-order valence-electron chi connectivity index (χ4n) is 2.89. The molecule has 0 saturated heterocycles. The Bertz CT molecular complexity index is 838.